The molecule has 0 radical (unpaired) electrons. The van der Waals surface area contributed by atoms with Gasteiger partial charge in [-0.2, -0.15) is 0 Å². The van der Waals surface area contributed by atoms with Crippen molar-refractivity contribution < 1.29 is 19.6 Å². The topological polar surface area (TPSA) is 114 Å². The molecule has 0 aliphatic carbocycles. The Kier molecular flexibility index (Phi) is 6.09. The zero-order valence-electron chi connectivity index (χ0n) is 15.4. The first-order valence-electron chi connectivity index (χ1n) is 8.49. The molecule has 1 saturated heterocycles. The van der Waals surface area contributed by atoms with Crippen LogP contribution in [0.15, 0.2) is 40.2 Å². The first kappa shape index (κ1) is 20.7. The molecule has 10 heteroatoms. The number of nitro groups is 1. The van der Waals surface area contributed by atoms with Crippen molar-refractivity contribution in [2.45, 2.75) is 13.8 Å². The van der Waals surface area contributed by atoms with E-state index in [1.807, 2.05) is 6.92 Å². The second-order valence-electron chi connectivity index (χ2n) is 5.94. The van der Waals surface area contributed by atoms with Crippen LogP contribution in [0.25, 0.3) is 6.08 Å². The second kappa shape index (κ2) is 8.54. The van der Waals surface area contributed by atoms with E-state index in [1.165, 1.54) is 18.2 Å². The molecular weight excluding hydrogens is 418 g/mol. The molecule has 2 aromatic rings. The maximum absolute atomic E-state index is 12.3. The van der Waals surface area contributed by atoms with Gasteiger partial charge in [0.2, 0.25) is 5.75 Å². The molecule has 0 aromatic heterocycles. The third kappa shape index (κ3) is 4.52. The van der Waals surface area contributed by atoms with Crippen molar-refractivity contribution in [1.29, 1.82) is 0 Å². The number of hydrogen-bond acceptors (Lipinski definition) is 7. The average molecular weight is 434 g/mol. The maximum atomic E-state index is 12.3. The number of aliphatic imine (C=N–C) groups is 1. The number of phenolic OH excluding ortho intramolecular Hbond substituents is 1. The van der Waals surface area contributed by atoms with E-state index in [-0.39, 0.29) is 18.3 Å². The number of nitro benzene ring substituents is 1. The van der Waals surface area contributed by atoms with Gasteiger partial charge in [0.25, 0.3) is 5.91 Å². The molecule has 1 heterocycles. The van der Waals surface area contributed by atoms with Gasteiger partial charge in [-0.25, -0.2) is 4.99 Å². The number of nitrogens with zero attached hydrogens (tertiary/aromatic N) is 2. The molecule has 8 nitrogen and oxygen atoms in total. The Labute approximate surface area is 175 Å². The molecule has 0 spiro atoms. The summed E-state index contributed by atoms with van der Waals surface area (Å²) in [6.07, 6.45) is 1.47. The lowest BCUT2D eigenvalue weighted by Crippen LogP contribution is -2.19. The van der Waals surface area contributed by atoms with E-state index >= 15 is 0 Å². The average Bonchev–Trinajstić information content (AvgIpc) is 3.00. The van der Waals surface area contributed by atoms with Crippen molar-refractivity contribution in [2.24, 2.45) is 4.99 Å². The minimum Gasteiger partial charge on any atom is -0.500 e. The summed E-state index contributed by atoms with van der Waals surface area (Å²) >= 11 is 7.19. The highest BCUT2D eigenvalue weighted by Crippen LogP contribution is 2.39. The number of thioether (sulfide) groups is 1. The Hall–Kier alpha value is -3.04. The van der Waals surface area contributed by atoms with E-state index in [2.05, 4.69) is 10.3 Å². The van der Waals surface area contributed by atoms with E-state index < -0.39 is 16.4 Å². The third-order valence-corrected chi connectivity index (χ3v) is 5.30. The quantitative estimate of drug-likeness (QED) is 0.406. The predicted octanol–water partition coefficient (Wildman–Crippen LogP) is 4.55. The second-order valence-corrected chi connectivity index (χ2v) is 7.38. The number of rotatable bonds is 5. The molecule has 150 valence electrons. The fourth-order valence-corrected chi connectivity index (χ4v) is 3.56. The standard InChI is InChI=1S/C19H16ClN3O5S/c1-3-28-15-8-11(7-14(17(15)24)23(26)27)9-16-18(25)22-19(29-16)21-13-6-4-5-12(20)10(13)2/h4-9,24H,3H2,1-2H3,(H,21,22,25)/b16-9+. The number of ether oxygens (including phenoxy) is 1. The molecule has 0 bridgehead atoms. The van der Waals surface area contributed by atoms with Gasteiger partial charge < -0.3 is 15.2 Å². The highest BCUT2D eigenvalue weighted by molar-refractivity contribution is 8.18. The Bertz CT molecular complexity index is 1070. The van der Waals surface area contributed by atoms with E-state index in [1.54, 1.807) is 25.1 Å². The molecule has 3 rings (SSSR count). The number of amidine groups is 1. The summed E-state index contributed by atoms with van der Waals surface area (Å²) in [7, 11) is 0. The number of hydrogen-bond donors (Lipinski definition) is 2. The van der Waals surface area contributed by atoms with Crippen molar-refractivity contribution in [3.05, 3.63) is 61.5 Å². The van der Waals surface area contributed by atoms with E-state index in [0.29, 0.717) is 26.3 Å². The van der Waals surface area contributed by atoms with E-state index in [4.69, 9.17) is 16.3 Å². The zero-order chi connectivity index (χ0) is 21.1. The molecule has 1 amide bonds. The van der Waals surface area contributed by atoms with Gasteiger partial charge in [-0.15, -0.1) is 0 Å². The highest BCUT2D eigenvalue weighted by atomic mass is 35.5. The van der Waals surface area contributed by atoms with Gasteiger partial charge in [0.05, 0.1) is 22.1 Å². The Balaban J connectivity index is 1.95. The molecule has 0 atom stereocenters. The first-order chi connectivity index (χ1) is 13.8. The number of carbonyl (C=O) groups excluding carboxylic acids is 1. The van der Waals surface area contributed by atoms with Gasteiger partial charge in [0, 0.05) is 11.1 Å². The lowest BCUT2D eigenvalue weighted by molar-refractivity contribution is -0.386. The number of phenols is 1. The van der Waals surface area contributed by atoms with Crippen molar-refractivity contribution >= 4 is 51.9 Å². The number of halogens is 1. The van der Waals surface area contributed by atoms with Gasteiger partial charge in [-0.3, -0.25) is 14.9 Å². The molecule has 2 N–H and O–H groups in total. The normalized spacial score (nSPS) is 16.3. The minimum absolute atomic E-state index is 0.0274. The molecule has 29 heavy (non-hydrogen) atoms. The summed E-state index contributed by atoms with van der Waals surface area (Å²) in [6.45, 7) is 3.73. The molecule has 2 aromatic carbocycles. The summed E-state index contributed by atoms with van der Waals surface area (Å²) in [5.74, 6) is -0.969. The summed E-state index contributed by atoms with van der Waals surface area (Å²) in [4.78, 5) is 27.5. The lowest BCUT2D eigenvalue weighted by atomic mass is 10.1. The van der Waals surface area contributed by atoms with Crippen LogP contribution in [0.5, 0.6) is 11.5 Å². The molecule has 1 aliphatic rings. The van der Waals surface area contributed by atoms with Crippen molar-refractivity contribution in [2.75, 3.05) is 6.61 Å². The van der Waals surface area contributed by atoms with Crippen LogP contribution in [-0.2, 0) is 4.79 Å². The zero-order valence-corrected chi connectivity index (χ0v) is 17.0. The summed E-state index contributed by atoms with van der Waals surface area (Å²) in [6, 6.07) is 7.90. The predicted molar refractivity (Wildman–Crippen MR) is 113 cm³/mol. The van der Waals surface area contributed by atoms with Crippen molar-refractivity contribution in [1.82, 2.24) is 5.32 Å². The van der Waals surface area contributed by atoms with Crippen LogP contribution in [0.3, 0.4) is 0 Å². The van der Waals surface area contributed by atoms with Crippen molar-refractivity contribution in [3.63, 3.8) is 0 Å². The molecule has 0 saturated carbocycles. The summed E-state index contributed by atoms with van der Waals surface area (Å²) in [5.41, 5.74) is 1.25. The van der Waals surface area contributed by atoms with Gasteiger partial charge in [-0.1, -0.05) is 17.7 Å². The maximum Gasteiger partial charge on any atom is 0.315 e. The Morgan fingerprint density at radius 3 is 2.86 bits per heavy atom. The largest absolute Gasteiger partial charge is 0.500 e. The fourth-order valence-electron chi connectivity index (χ4n) is 2.56. The van der Waals surface area contributed by atoms with Gasteiger partial charge in [0.1, 0.15) is 0 Å². The Morgan fingerprint density at radius 1 is 1.41 bits per heavy atom. The van der Waals surface area contributed by atoms with Crippen LogP contribution in [0.2, 0.25) is 5.02 Å². The van der Waals surface area contributed by atoms with E-state index in [9.17, 15) is 20.0 Å². The van der Waals surface area contributed by atoms with Gasteiger partial charge in [-0.05, 0) is 61.0 Å². The van der Waals surface area contributed by atoms with Crippen LogP contribution in [0, 0.1) is 17.0 Å². The van der Waals surface area contributed by atoms with Gasteiger partial charge >= 0.3 is 5.69 Å². The number of amides is 1. The number of benzene rings is 2. The van der Waals surface area contributed by atoms with Crippen LogP contribution in [0.4, 0.5) is 11.4 Å². The van der Waals surface area contributed by atoms with Crippen LogP contribution >= 0.6 is 23.4 Å². The summed E-state index contributed by atoms with van der Waals surface area (Å²) < 4.78 is 5.26. The summed E-state index contributed by atoms with van der Waals surface area (Å²) in [5, 5.41) is 24.8. The highest BCUT2D eigenvalue weighted by Gasteiger charge is 2.26. The van der Waals surface area contributed by atoms with E-state index in [0.717, 1.165) is 17.3 Å². The monoisotopic (exact) mass is 433 g/mol. The Morgan fingerprint density at radius 2 is 2.17 bits per heavy atom. The SMILES string of the molecule is CCOc1cc(/C=C2/SC(=Nc3cccc(Cl)c3C)NC2=O)cc([N+](=O)[O-])c1O. The minimum atomic E-state index is -0.712. The van der Waals surface area contributed by atoms with Crippen LogP contribution in [-0.4, -0.2) is 27.7 Å². The molecular formula is C19H16ClN3O5S. The van der Waals surface area contributed by atoms with Crippen LogP contribution in [0.1, 0.15) is 18.1 Å². The smallest absolute Gasteiger partial charge is 0.315 e. The molecule has 0 unspecified atom stereocenters. The number of carbonyl (C=O) groups is 1. The van der Waals surface area contributed by atoms with Crippen molar-refractivity contribution in [3.8, 4) is 11.5 Å². The molecule has 1 fully saturated rings. The fraction of sp³-hybridized carbons (Fsp3) is 0.158. The number of aromatic hydroxyl groups is 1. The van der Waals surface area contributed by atoms with Crippen LogP contribution < -0.4 is 10.1 Å². The lowest BCUT2D eigenvalue weighted by Gasteiger charge is -2.07. The third-order valence-electron chi connectivity index (χ3n) is 3.98. The first-order valence-corrected chi connectivity index (χ1v) is 9.68. The number of nitrogens with one attached hydrogen (secondary N) is 1. The van der Waals surface area contributed by atoms with Gasteiger partial charge in [0.15, 0.2) is 10.9 Å². The molecule has 1 aliphatic heterocycles.